The summed E-state index contributed by atoms with van der Waals surface area (Å²) in [5.41, 5.74) is 4.94. The van der Waals surface area contributed by atoms with Crippen molar-refractivity contribution in [2.75, 3.05) is 13.3 Å². The summed E-state index contributed by atoms with van der Waals surface area (Å²) in [5, 5.41) is 7.70. The van der Waals surface area contributed by atoms with Crippen molar-refractivity contribution in [1.29, 1.82) is 0 Å². The Morgan fingerprint density at radius 1 is 1.73 bits per heavy atom. The molecule has 0 aliphatic rings. The van der Waals surface area contributed by atoms with Gasteiger partial charge in [-0.2, -0.15) is 0 Å². The fourth-order valence-corrected chi connectivity index (χ4v) is 0.778. The molecule has 1 atom stereocenters. The number of hydrogen-bond acceptors (Lipinski definition) is 4. The molecule has 0 rings (SSSR count). The van der Waals surface area contributed by atoms with Crippen LogP contribution in [0.4, 0.5) is 0 Å². The van der Waals surface area contributed by atoms with Crippen LogP contribution in [0, 0.1) is 0 Å². The lowest BCUT2D eigenvalue weighted by atomic mass is 10.2. The Kier molecular flexibility index (Phi) is 6.21. The molecule has 1 unspecified atom stereocenters. The van der Waals surface area contributed by atoms with Crippen LogP contribution < -0.4 is 5.73 Å². The van der Waals surface area contributed by atoms with E-state index in [-0.39, 0.29) is 13.3 Å². The minimum absolute atomic E-state index is 0.0269. The highest BCUT2D eigenvalue weighted by Crippen LogP contribution is 2.06. The SMILES string of the molecule is NCOC(=O)C(Cl)CCCO. The smallest absolute Gasteiger partial charge is 0.325 e. The largest absolute Gasteiger partial charge is 0.449 e. The molecular formula is C6H12ClNO3. The Morgan fingerprint density at radius 3 is 2.82 bits per heavy atom. The molecule has 0 amide bonds. The van der Waals surface area contributed by atoms with E-state index in [4.69, 9.17) is 22.4 Å². The van der Waals surface area contributed by atoms with E-state index in [1.165, 1.54) is 0 Å². The van der Waals surface area contributed by atoms with Crippen LogP contribution in [0.2, 0.25) is 0 Å². The Morgan fingerprint density at radius 2 is 2.36 bits per heavy atom. The quantitative estimate of drug-likeness (QED) is 0.351. The van der Waals surface area contributed by atoms with Gasteiger partial charge in [0.2, 0.25) is 0 Å². The van der Waals surface area contributed by atoms with Crippen molar-refractivity contribution in [3.8, 4) is 0 Å². The van der Waals surface area contributed by atoms with Gasteiger partial charge in [-0.05, 0) is 12.8 Å². The van der Waals surface area contributed by atoms with Gasteiger partial charge in [0.25, 0.3) is 0 Å². The van der Waals surface area contributed by atoms with Crippen LogP contribution in [0.5, 0.6) is 0 Å². The summed E-state index contributed by atoms with van der Waals surface area (Å²) in [7, 11) is 0. The molecule has 0 aromatic rings. The molecule has 11 heavy (non-hydrogen) atoms. The van der Waals surface area contributed by atoms with Crippen LogP contribution in [0.15, 0.2) is 0 Å². The topological polar surface area (TPSA) is 72.5 Å². The summed E-state index contributed by atoms with van der Waals surface area (Å²) in [6.45, 7) is -0.125. The number of halogens is 1. The molecule has 0 aromatic heterocycles. The zero-order valence-electron chi connectivity index (χ0n) is 6.12. The number of carbonyl (C=O) groups is 1. The number of hydrogen-bond donors (Lipinski definition) is 2. The summed E-state index contributed by atoms with van der Waals surface area (Å²) in [4.78, 5) is 10.7. The summed E-state index contributed by atoms with van der Waals surface area (Å²) < 4.78 is 4.43. The first-order valence-electron chi connectivity index (χ1n) is 3.34. The van der Waals surface area contributed by atoms with Gasteiger partial charge in [-0.1, -0.05) is 0 Å². The van der Waals surface area contributed by atoms with Crippen LogP contribution in [-0.4, -0.2) is 29.8 Å². The van der Waals surface area contributed by atoms with E-state index in [9.17, 15) is 4.79 Å². The normalized spacial score (nSPS) is 12.6. The number of ether oxygens (including phenoxy) is 1. The third-order valence-corrected chi connectivity index (χ3v) is 1.49. The fraction of sp³-hybridized carbons (Fsp3) is 0.833. The molecule has 0 aromatic carbocycles. The molecule has 0 aliphatic carbocycles. The van der Waals surface area contributed by atoms with Crippen LogP contribution in [-0.2, 0) is 9.53 Å². The monoisotopic (exact) mass is 181 g/mol. The number of aliphatic hydroxyl groups excluding tert-OH is 1. The van der Waals surface area contributed by atoms with E-state index < -0.39 is 11.3 Å². The average molecular weight is 182 g/mol. The van der Waals surface area contributed by atoms with E-state index in [1.54, 1.807) is 0 Å². The first-order chi connectivity index (χ1) is 5.22. The molecule has 0 fully saturated rings. The van der Waals surface area contributed by atoms with E-state index in [0.717, 1.165) is 0 Å². The van der Waals surface area contributed by atoms with Gasteiger partial charge in [-0.3, -0.25) is 10.5 Å². The summed E-state index contributed by atoms with van der Waals surface area (Å²) in [6.07, 6.45) is 0.907. The maximum absolute atomic E-state index is 10.7. The minimum atomic E-state index is -0.689. The highest BCUT2D eigenvalue weighted by Gasteiger charge is 2.15. The van der Waals surface area contributed by atoms with E-state index in [1.807, 2.05) is 0 Å². The number of carbonyl (C=O) groups excluding carboxylic acids is 1. The second-order valence-corrected chi connectivity index (χ2v) is 2.49. The van der Waals surface area contributed by atoms with Gasteiger partial charge in [0.05, 0.1) is 0 Å². The molecule has 5 heteroatoms. The molecule has 0 bridgehead atoms. The van der Waals surface area contributed by atoms with Gasteiger partial charge in [-0.15, -0.1) is 11.6 Å². The Balaban J connectivity index is 3.46. The zero-order valence-corrected chi connectivity index (χ0v) is 6.88. The second kappa shape index (κ2) is 6.39. The standard InChI is InChI=1S/C6H12ClNO3/c7-5(2-1-3-9)6(10)11-4-8/h5,9H,1-4,8H2. The van der Waals surface area contributed by atoms with Crippen molar-refractivity contribution in [3.05, 3.63) is 0 Å². The molecular weight excluding hydrogens is 170 g/mol. The number of alkyl halides is 1. The van der Waals surface area contributed by atoms with E-state index in [0.29, 0.717) is 12.8 Å². The van der Waals surface area contributed by atoms with Crippen LogP contribution in [0.25, 0.3) is 0 Å². The van der Waals surface area contributed by atoms with Gasteiger partial charge >= 0.3 is 5.97 Å². The van der Waals surface area contributed by atoms with Gasteiger partial charge in [0, 0.05) is 6.61 Å². The lowest BCUT2D eigenvalue weighted by Gasteiger charge is -2.06. The lowest BCUT2D eigenvalue weighted by Crippen LogP contribution is -2.21. The third kappa shape index (κ3) is 5.01. The fourth-order valence-electron chi connectivity index (χ4n) is 0.561. The van der Waals surface area contributed by atoms with Crippen LogP contribution in [0.1, 0.15) is 12.8 Å². The minimum Gasteiger partial charge on any atom is -0.449 e. The zero-order chi connectivity index (χ0) is 8.69. The average Bonchev–Trinajstić information content (AvgIpc) is 2.00. The molecule has 4 nitrogen and oxygen atoms in total. The molecule has 66 valence electrons. The summed E-state index contributed by atoms with van der Waals surface area (Å²) in [6, 6.07) is 0. The Hall–Kier alpha value is -0.320. The van der Waals surface area contributed by atoms with Gasteiger partial charge < -0.3 is 9.84 Å². The number of esters is 1. The molecule has 0 spiro atoms. The first-order valence-corrected chi connectivity index (χ1v) is 3.77. The van der Waals surface area contributed by atoms with Crippen molar-refractivity contribution in [3.63, 3.8) is 0 Å². The van der Waals surface area contributed by atoms with Gasteiger partial charge in [0.15, 0.2) is 0 Å². The molecule has 0 saturated heterocycles. The van der Waals surface area contributed by atoms with Gasteiger partial charge in [-0.25, -0.2) is 0 Å². The highest BCUT2D eigenvalue weighted by atomic mass is 35.5. The van der Waals surface area contributed by atoms with Crippen molar-refractivity contribution in [1.82, 2.24) is 0 Å². The first kappa shape index (κ1) is 10.7. The van der Waals surface area contributed by atoms with Crippen molar-refractivity contribution in [2.24, 2.45) is 5.73 Å². The molecule has 0 saturated carbocycles. The maximum atomic E-state index is 10.7. The van der Waals surface area contributed by atoms with Crippen molar-refractivity contribution >= 4 is 17.6 Å². The number of nitrogens with two attached hydrogens (primary N) is 1. The predicted octanol–water partition coefficient (Wildman–Crippen LogP) is -0.174. The van der Waals surface area contributed by atoms with Gasteiger partial charge in [0.1, 0.15) is 12.1 Å². The molecule has 0 heterocycles. The Bertz CT molecular complexity index is 120. The third-order valence-electron chi connectivity index (χ3n) is 1.10. The Labute approximate surface area is 70.3 Å². The molecule has 3 N–H and O–H groups in total. The highest BCUT2D eigenvalue weighted by molar-refractivity contribution is 6.29. The number of rotatable bonds is 5. The summed E-state index contributed by atoms with van der Waals surface area (Å²) >= 11 is 5.55. The second-order valence-electron chi connectivity index (χ2n) is 1.96. The predicted molar refractivity (Wildman–Crippen MR) is 41.1 cm³/mol. The van der Waals surface area contributed by atoms with Crippen LogP contribution in [0.3, 0.4) is 0 Å². The van der Waals surface area contributed by atoms with Crippen molar-refractivity contribution < 1.29 is 14.6 Å². The molecule has 0 radical (unpaired) electrons. The lowest BCUT2D eigenvalue weighted by molar-refractivity contribution is -0.143. The summed E-state index contributed by atoms with van der Waals surface area (Å²) in [5.74, 6) is -0.525. The van der Waals surface area contributed by atoms with Crippen molar-refractivity contribution in [2.45, 2.75) is 18.2 Å². The van der Waals surface area contributed by atoms with E-state index >= 15 is 0 Å². The molecule has 0 aliphatic heterocycles. The number of aliphatic hydroxyl groups is 1. The van der Waals surface area contributed by atoms with Crippen LogP contribution >= 0.6 is 11.6 Å². The maximum Gasteiger partial charge on any atom is 0.325 e. The van der Waals surface area contributed by atoms with E-state index in [2.05, 4.69) is 4.74 Å².